The van der Waals surface area contributed by atoms with Gasteiger partial charge in [-0.2, -0.15) is 0 Å². The van der Waals surface area contributed by atoms with Crippen LogP contribution in [0.3, 0.4) is 0 Å². The Kier molecular flexibility index (Phi) is 8.64. The van der Waals surface area contributed by atoms with Crippen LogP contribution in [-0.4, -0.2) is 50.8 Å². The zero-order chi connectivity index (χ0) is 13.2. The molecular formula is C15H32N2O. The lowest BCUT2D eigenvalue weighted by molar-refractivity contribution is 0.0651. The van der Waals surface area contributed by atoms with Crippen LogP contribution < -0.4 is 5.32 Å². The van der Waals surface area contributed by atoms with Gasteiger partial charge in [0.2, 0.25) is 0 Å². The molecule has 0 bridgehead atoms. The zero-order valence-corrected chi connectivity index (χ0v) is 12.6. The summed E-state index contributed by atoms with van der Waals surface area (Å²) in [6.07, 6.45) is 6.50. The zero-order valence-electron chi connectivity index (χ0n) is 12.6. The van der Waals surface area contributed by atoms with Crippen molar-refractivity contribution >= 4 is 0 Å². The Bertz CT molecular complexity index is 195. The highest BCUT2D eigenvalue weighted by Gasteiger charge is 2.24. The number of ether oxygens (including phenoxy) is 1. The summed E-state index contributed by atoms with van der Waals surface area (Å²) in [6.45, 7) is 10.3. The third kappa shape index (κ3) is 5.68. The van der Waals surface area contributed by atoms with Crippen molar-refractivity contribution in [2.45, 2.75) is 52.0 Å². The van der Waals surface area contributed by atoms with Crippen molar-refractivity contribution in [2.75, 3.05) is 39.9 Å². The van der Waals surface area contributed by atoms with Gasteiger partial charge >= 0.3 is 0 Å². The predicted octanol–water partition coefficient (Wildman–Crippen LogP) is 2.51. The van der Waals surface area contributed by atoms with Gasteiger partial charge in [-0.05, 0) is 44.7 Å². The predicted molar refractivity (Wildman–Crippen MR) is 78.0 cm³/mol. The second kappa shape index (κ2) is 9.76. The first-order valence-electron chi connectivity index (χ1n) is 7.75. The van der Waals surface area contributed by atoms with Crippen LogP contribution in [0.2, 0.25) is 0 Å². The molecule has 0 aromatic carbocycles. The fourth-order valence-electron chi connectivity index (χ4n) is 2.99. The van der Waals surface area contributed by atoms with Gasteiger partial charge in [-0.15, -0.1) is 0 Å². The summed E-state index contributed by atoms with van der Waals surface area (Å²) in [4.78, 5) is 2.69. The molecule has 1 rings (SSSR count). The lowest BCUT2D eigenvalue weighted by Gasteiger charge is -2.38. The summed E-state index contributed by atoms with van der Waals surface area (Å²) < 4.78 is 5.33. The van der Waals surface area contributed by atoms with Crippen LogP contribution in [0.4, 0.5) is 0 Å². The average molecular weight is 256 g/mol. The number of hydrogen-bond donors (Lipinski definition) is 1. The molecule has 0 spiro atoms. The lowest BCUT2D eigenvalue weighted by Crippen LogP contribution is -2.48. The van der Waals surface area contributed by atoms with Gasteiger partial charge in [0.05, 0.1) is 6.61 Å². The number of hydrogen-bond acceptors (Lipinski definition) is 3. The molecule has 1 saturated heterocycles. The Hall–Kier alpha value is -0.120. The normalized spacial score (nSPS) is 23.2. The summed E-state index contributed by atoms with van der Waals surface area (Å²) in [5.41, 5.74) is 0. The molecule has 3 nitrogen and oxygen atoms in total. The van der Waals surface area contributed by atoms with Gasteiger partial charge in [-0.3, -0.25) is 4.90 Å². The van der Waals surface area contributed by atoms with Crippen molar-refractivity contribution < 1.29 is 4.74 Å². The molecule has 0 aliphatic carbocycles. The van der Waals surface area contributed by atoms with Gasteiger partial charge in [-0.25, -0.2) is 0 Å². The van der Waals surface area contributed by atoms with Gasteiger partial charge < -0.3 is 10.1 Å². The highest BCUT2D eigenvalue weighted by atomic mass is 16.5. The summed E-state index contributed by atoms with van der Waals surface area (Å²) in [7, 11) is 1.82. The molecule has 0 saturated carbocycles. The SMILES string of the molecule is CCCNCC(CCC)N1CCCC(COC)C1. The maximum atomic E-state index is 5.33. The van der Waals surface area contributed by atoms with E-state index in [-0.39, 0.29) is 0 Å². The number of rotatable bonds is 9. The molecule has 2 unspecified atom stereocenters. The number of piperidine rings is 1. The Labute approximate surface area is 113 Å². The van der Waals surface area contributed by atoms with Crippen molar-refractivity contribution in [3.8, 4) is 0 Å². The minimum atomic E-state index is 0.723. The maximum Gasteiger partial charge on any atom is 0.0502 e. The van der Waals surface area contributed by atoms with Crippen LogP contribution in [0, 0.1) is 5.92 Å². The van der Waals surface area contributed by atoms with E-state index in [1.807, 2.05) is 7.11 Å². The molecule has 0 radical (unpaired) electrons. The molecule has 0 aromatic rings. The lowest BCUT2D eigenvalue weighted by atomic mass is 9.96. The van der Waals surface area contributed by atoms with Crippen LogP contribution in [0.15, 0.2) is 0 Å². The fraction of sp³-hybridized carbons (Fsp3) is 1.00. The highest BCUT2D eigenvalue weighted by Crippen LogP contribution is 2.20. The van der Waals surface area contributed by atoms with Crippen molar-refractivity contribution in [1.82, 2.24) is 10.2 Å². The molecule has 2 atom stereocenters. The molecule has 1 fully saturated rings. The molecule has 1 N–H and O–H groups in total. The molecule has 18 heavy (non-hydrogen) atoms. The van der Waals surface area contributed by atoms with Crippen LogP contribution in [0.25, 0.3) is 0 Å². The smallest absolute Gasteiger partial charge is 0.0502 e. The Balaban J connectivity index is 2.39. The van der Waals surface area contributed by atoms with E-state index in [4.69, 9.17) is 4.74 Å². The van der Waals surface area contributed by atoms with E-state index < -0.39 is 0 Å². The quantitative estimate of drug-likeness (QED) is 0.642. The summed E-state index contributed by atoms with van der Waals surface area (Å²) in [5, 5.41) is 3.59. The molecule has 3 heteroatoms. The largest absolute Gasteiger partial charge is 0.384 e. The molecule has 0 amide bonds. The summed E-state index contributed by atoms with van der Waals surface area (Å²) in [6, 6.07) is 0.723. The maximum absolute atomic E-state index is 5.33. The van der Waals surface area contributed by atoms with E-state index in [0.29, 0.717) is 0 Å². The van der Waals surface area contributed by atoms with Crippen LogP contribution in [0.1, 0.15) is 46.0 Å². The highest BCUT2D eigenvalue weighted by molar-refractivity contribution is 4.80. The Morgan fingerprint density at radius 3 is 2.83 bits per heavy atom. The fourth-order valence-corrected chi connectivity index (χ4v) is 2.99. The molecule has 1 heterocycles. The van der Waals surface area contributed by atoms with Crippen molar-refractivity contribution in [3.05, 3.63) is 0 Å². The minimum absolute atomic E-state index is 0.723. The van der Waals surface area contributed by atoms with Crippen LogP contribution >= 0.6 is 0 Å². The average Bonchev–Trinajstić information content (AvgIpc) is 2.39. The van der Waals surface area contributed by atoms with E-state index in [1.54, 1.807) is 0 Å². The second-order valence-corrected chi connectivity index (χ2v) is 5.61. The first-order chi connectivity index (χ1) is 8.81. The van der Waals surface area contributed by atoms with Gasteiger partial charge in [-0.1, -0.05) is 20.3 Å². The second-order valence-electron chi connectivity index (χ2n) is 5.61. The van der Waals surface area contributed by atoms with Gasteiger partial charge in [0.15, 0.2) is 0 Å². The standard InChI is InChI=1S/C15H32N2O/c1-4-7-15(11-16-9-5-2)17-10-6-8-14(12-17)13-18-3/h14-16H,4-13H2,1-3H3. The van der Waals surface area contributed by atoms with Gasteiger partial charge in [0, 0.05) is 26.2 Å². The summed E-state index contributed by atoms with van der Waals surface area (Å²) in [5.74, 6) is 0.745. The minimum Gasteiger partial charge on any atom is -0.384 e. The molecule has 108 valence electrons. The van der Waals surface area contributed by atoms with E-state index in [0.717, 1.165) is 31.7 Å². The molecule has 1 aliphatic rings. The van der Waals surface area contributed by atoms with Crippen molar-refractivity contribution in [2.24, 2.45) is 5.92 Å². The first-order valence-corrected chi connectivity index (χ1v) is 7.75. The molecular weight excluding hydrogens is 224 g/mol. The number of likely N-dealkylation sites (tertiary alicyclic amines) is 1. The van der Waals surface area contributed by atoms with E-state index in [9.17, 15) is 0 Å². The first kappa shape index (κ1) is 15.9. The molecule has 1 aliphatic heterocycles. The third-order valence-corrected chi connectivity index (χ3v) is 3.90. The number of nitrogens with one attached hydrogen (secondary N) is 1. The summed E-state index contributed by atoms with van der Waals surface area (Å²) >= 11 is 0. The number of nitrogens with zero attached hydrogens (tertiary/aromatic N) is 1. The topological polar surface area (TPSA) is 24.5 Å². The van der Waals surface area contributed by atoms with Gasteiger partial charge in [0.1, 0.15) is 0 Å². The van der Waals surface area contributed by atoms with Crippen LogP contribution in [0.5, 0.6) is 0 Å². The van der Waals surface area contributed by atoms with Crippen LogP contribution in [-0.2, 0) is 4.74 Å². The van der Waals surface area contributed by atoms with Gasteiger partial charge in [0.25, 0.3) is 0 Å². The van der Waals surface area contributed by atoms with E-state index >= 15 is 0 Å². The van der Waals surface area contributed by atoms with Crippen molar-refractivity contribution in [1.29, 1.82) is 0 Å². The molecule has 0 aromatic heterocycles. The monoisotopic (exact) mass is 256 g/mol. The third-order valence-electron chi connectivity index (χ3n) is 3.90. The number of methoxy groups -OCH3 is 1. The Morgan fingerprint density at radius 2 is 2.17 bits per heavy atom. The Morgan fingerprint density at radius 1 is 1.33 bits per heavy atom. The van der Waals surface area contributed by atoms with E-state index in [2.05, 4.69) is 24.1 Å². The van der Waals surface area contributed by atoms with Crippen molar-refractivity contribution in [3.63, 3.8) is 0 Å². The van der Waals surface area contributed by atoms with E-state index in [1.165, 1.54) is 45.2 Å².